The summed E-state index contributed by atoms with van der Waals surface area (Å²) in [5, 5.41) is 10.6. The van der Waals surface area contributed by atoms with Gasteiger partial charge in [-0.2, -0.15) is 0 Å². The van der Waals surface area contributed by atoms with Crippen molar-refractivity contribution in [2.24, 2.45) is 0 Å². The number of esters is 1. The van der Waals surface area contributed by atoms with Crippen molar-refractivity contribution in [2.75, 3.05) is 32.8 Å². The van der Waals surface area contributed by atoms with Crippen molar-refractivity contribution in [3.63, 3.8) is 0 Å². The molecule has 3 aliphatic heterocycles. The predicted molar refractivity (Wildman–Crippen MR) is 135 cm³/mol. The molecule has 6 rings (SSSR count). The lowest BCUT2D eigenvalue weighted by Gasteiger charge is -2.38. The summed E-state index contributed by atoms with van der Waals surface area (Å²) in [4.78, 5) is 40.6. The Bertz CT molecular complexity index is 1460. The molecule has 1 atom stereocenters. The number of fused-ring (bicyclic) bond motifs is 3. The quantitative estimate of drug-likeness (QED) is 0.501. The molecule has 0 radical (unpaired) electrons. The van der Waals surface area contributed by atoms with Crippen molar-refractivity contribution in [2.45, 2.75) is 31.1 Å². The number of morpholine rings is 1. The van der Waals surface area contributed by atoms with Crippen LogP contribution in [0, 0.1) is 5.82 Å². The van der Waals surface area contributed by atoms with Crippen LogP contribution in [-0.4, -0.2) is 76.3 Å². The third kappa shape index (κ3) is 4.17. The SMILES string of the molecule is O=C1OC2(CCN(C(=O)c3cn(CC4CN(C(=O)O)CCO4)c4cc(Cl)ccc34)CC2)c2ccc(F)cc21. The number of amides is 2. The molecule has 3 aliphatic rings. The summed E-state index contributed by atoms with van der Waals surface area (Å²) in [6, 6.07) is 9.45. The lowest BCUT2D eigenvalue weighted by molar-refractivity contribution is -0.0389. The third-order valence-electron chi connectivity index (χ3n) is 7.72. The minimum atomic E-state index is -0.988. The summed E-state index contributed by atoms with van der Waals surface area (Å²) >= 11 is 6.28. The molecule has 1 aromatic heterocycles. The Balaban J connectivity index is 1.24. The van der Waals surface area contributed by atoms with Crippen LogP contribution in [0.4, 0.5) is 9.18 Å². The molecule has 2 amide bonds. The molecule has 4 heterocycles. The normalized spacial score (nSPS) is 20.6. The topological polar surface area (TPSA) is 101 Å². The number of rotatable bonds is 3. The molecule has 2 aromatic carbocycles. The highest BCUT2D eigenvalue weighted by Crippen LogP contribution is 2.44. The lowest BCUT2D eigenvalue weighted by atomic mass is 9.83. The van der Waals surface area contributed by atoms with Crippen LogP contribution in [-0.2, 0) is 21.6 Å². The van der Waals surface area contributed by atoms with Crippen molar-refractivity contribution in [3.05, 3.63) is 70.1 Å². The Hall–Kier alpha value is -3.63. The van der Waals surface area contributed by atoms with E-state index in [1.165, 1.54) is 17.0 Å². The summed E-state index contributed by atoms with van der Waals surface area (Å²) in [6.45, 7) is 1.94. The maximum atomic E-state index is 13.7. The van der Waals surface area contributed by atoms with Crippen LogP contribution in [0.25, 0.3) is 10.9 Å². The zero-order chi connectivity index (χ0) is 26.6. The van der Waals surface area contributed by atoms with Crippen LogP contribution in [0.5, 0.6) is 0 Å². The van der Waals surface area contributed by atoms with Gasteiger partial charge in [-0.3, -0.25) is 4.79 Å². The second-order valence-corrected chi connectivity index (χ2v) is 10.4. The lowest BCUT2D eigenvalue weighted by Crippen LogP contribution is -2.46. The molecule has 38 heavy (non-hydrogen) atoms. The van der Waals surface area contributed by atoms with Gasteiger partial charge in [-0.1, -0.05) is 23.7 Å². The third-order valence-corrected chi connectivity index (χ3v) is 7.96. The standard InChI is InChI=1S/C27H25ClFN3O6/c28-16-1-3-19-21(15-32(23(19)11-16)14-18-13-31(26(35)36)9-10-37-18)24(33)30-7-5-27(6-8-30)22-4-2-17(29)12-20(22)25(34)38-27/h1-4,11-12,15,18H,5-10,13-14H2,(H,35,36). The van der Waals surface area contributed by atoms with Crippen molar-refractivity contribution < 1.29 is 33.4 Å². The first-order chi connectivity index (χ1) is 18.2. The molecule has 198 valence electrons. The summed E-state index contributed by atoms with van der Waals surface area (Å²) in [7, 11) is 0. The van der Waals surface area contributed by atoms with Crippen molar-refractivity contribution in [3.8, 4) is 0 Å². The van der Waals surface area contributed by atoms with E-state index in [0.29, 0.717) is 61.8 Å². The number of likely N-dealkylation sites (tertiary alicyclic amines) is 1. The first-order valence-corrected chi connectivity index (χ1v) is 12.8. The Morgan fingerprint density at radius 1 is 1.11 bits per heavy atom. The van der Waals surface area contributed by atoms with Gasteiger partial charge in [0.1, 0.15) is 11.4 Å². The van der Waals surface area contributed by atoms with Crippen LogP contribution in [0.2, 0.25) is 5.02 Å². The van der Waals surface area contributed by atoms with E-state index in [1.807, 2.05) is 10.6 Å². The van der Waals surface area contributed by atoms with Crippen molar-refractivity contribution >= 4 is 40.5 Å². The molecule has 11 heteroatoms. The number of piperidine rings is 1. The molecule has 2 saturated heterocycles. The van der Waals surface area contributed by atoms with E-state index in [-0.39, 0.29) is 24.1 Å². The van der Waals surface area contributed by atoms with Crippen LogP contribution in [0.15, 0.2) is 42.6 Å². The zero-order valence-electron chi connectivity index (χ0n) is 20.4. The van der Waals surface area contributed by atoms with E-state index in [2.05, 4.69) is 0 Å². The van der Waals surface area contributed by atoms with E-state index < -0.39 is 23.5 Å². The second-order valence-electron chi connectivity index (χ2n) is 9.94. The number of nitrogens with zero attached hydrogens (tertiary/aromatic N) is 3. The average Bonchev–Trinajstić information content (AvgIpc) is 3.38. The number of hydrogen-bond donors (Lipinski definition) is 1. The molecular weight excluding hydrogens is 517 g/mol. The van der Waals surface area contributed by atoms with Gasteiger partial charge in [0.25, 0.3) is 5.91 Å². The number of halogens is 2. The largest absolute Gasteiger partial charge is 0.465 e. The smallest absolute Gasteiger partial charge is 0.407 e. The fourth-order valence-electron chi connectivity index (χ4n) is 5.79. The minimum absolute atomic E-state index is 0.161. The van der Waals surface area contributed by atoms with Gasteiger partial charge in [-0.05, 0) is 24.3 Å². The fourth-order valence-corrected chi connectivity index (χ4v) is 5.96. The van der Waals surface area contributed by atoms with Crippen LogP contribution in [0.3, 0.4) is 0 Å². The van der Waals surface area contributed by atoms with Crippen LogP contribution >= 0.6 is 11.6 Å². The molecule has 1 spiro atoms. The number of hydrogen-bond acceptors (Lipinski definition) is 5. The molecule has 2 fully saturated rings. The number of carbonyl (C=O) groups is 3. The molecule has 1 N–H and O–H groups in total. The summed E-state index contributed by atoms with van der Waals surface area (Å²) in [5.74, 6) is -1.19. The molecule has 3 aromatic rings. The van der Waals surface area contributed by atoms with Gasteiger partial charge < -0.3 is 28.9 Å². The van der Waals surface area contributed by atoms with E-state index in [4.69, 9.17) is 21.1 Å². The molecule has 9 nitrogen and oxygen atoms in total. The number of carboxylic acid groups (broad SMARTS) is 1. The summed E-state index contributed by atoms with van der Waals surface area (Å²) in [6.07, 6.45) is 1.24. The maximum absolute atomic E-state index is 13.7. The first kappa shape index (κ1) is 24.7. The highest BCUT2D eigenvalue weighted by atomic mass is 35.5. The fraction of sp³-hybridized carbons (Fsp3) is 0.370. The molecule has 0 aliphatic carbocycles. The molecule has 0 bridgehead atoms. The number of aromatic nitrogens is 1. The van der Waals surface area contributed by atoms with Gasteiger partial charge in [-0.25, -0.2) is 14.0 Å². The number of benzene rings is 2. The maximum Gasteiger partial charge on any atom is 0.407 e. The number of ether oxygens (including phenoxy) is 2. The monoisotopic (exact) mass is 541 g/mol. The predicted octanol–water partition coefficient (Wildman–Crippen LogP) is 4.11. The van der Waals surface area contributed by atoms with E-state index in [0.717, 1.165) is 10.9 Å². The van der Waals surface area contributed by atoms with Gasteiger partial charge in [0.15, 0.2) is 0 Å². The molecule has 0 saturated carbocycles. The Labute approximate surface area is 222 Å². The van der Waals surface area contributed by atoms with Gasteiger partial charge in [0, 0.05) is 54.6 Å². The Morgan fingerprint density at radius 3 is 2.66 bits per heavy atom. The second kappa shape index (κ2) is 9.28. The van der Waals surface area contributed by atoms with E-state index in [1.54, 1.807) is 29.3 Å². The van der Waals surface area contributed by atoms with Crippen LogP contribution in [0.1, 0.15) is 39.1 Å². The van der Waals surface area contributed by atoms with E-state index >= 15 is 0 Å². The molecule has 1 unspecified atom stereocenters. The van der Waals surface area contributed by atoms with Crippen molar-refractivity contribution in [1.29, 1.82) is 0 Å². The first-order valence-electron chi connectivity index (χ1n) is 12.4. The highest BCUT2D eigenvalue weighted by Gasteiger charge is 2.48. The van der Waals surface area contributed by atoms with Gasteiger partial charge in [0.05, 0.1) is 42.4 Å². The highest BCUT2D eigenvalue weighted by molar-refractivity contribution is 6.31. The average molecular weight is 542 g/mol. The van der Waals surface area contributed by atoms with Gasteiger partial charge in [0.2, 0.25) is 0 Å². The van der Waals surface area contributed by atoms with Gasteiger partial charge in [-0.15, -0.1) is 0 Å². The van der Waals surface area contributed by atoms with Gasteiger partial charge >= 0.3 is 12.1 Å². The zero-order valence-corrected chi connectivity index (χ0v) is 21.1. The summed E-state index contributed by atoms with van der Waals surface area (Å²) in [5.41, 5.74) is 1.32. The minimum Gasteiger partial charge on any atom is -0.465 e. The Morgan fingerprint density at radius 2 is 1.89 bits per heavy atom. The van der Waals surface area contributed by atoms with Crippen molar-refractivity contribution in [1.82, 2.24) is 14.4 Å². The summed E-state index contributed by atoms with van der Waals surface area (Å²) < 4.78 is 27.1. The molecular formula is C27H25ClFN3O6. The van der Waals surface area contributed by atoms with E-state index in [9.17, 15) is 23.9 Å². The Kier molecular flexibility index (Phi) is 6.03. The number of carbonyl (C=O) groups excluding carboxylic acids is 2. The van der Waals surface area contributed by atoms with Crippen LogP contribution < -0.4 is 0 Å².